The van der Waals surface area contributed by atoms with Gasteiger partial charge in [0.15, 0.2) is 0 Å². The number of hydrogen-bond donors (Lipinski definition) is 0. The Hall–Kier alpha value is -0.330. The summed E-state index contributed by atoms with van der Waals surface area (Å²) in [5, 5.41) is 0. The number of ketones is 1. The lowest BCUT2D eigenvalue weighted by atomic mass is 9.40. The third-order valence-electron chi connectivity index (χ3n) is 5.37. The highest BCUT2D eigenvalue weighted by atomic mass is 16.1. The van der Waals surface area contributed by atoms with Crippen LogP contribution in [-0.2, 0) is 4.79 Å². The van der Waals surface area contributed by atoms with E-state index >= 15 is 0 Å². The van der Waals surface area contributed by atoms with Crippen molar-refractivity contribution in [1.29, 1.82) is 0 Å². The van der Waals surface area contributed by atoms with E-state index in [1.165, 1.54) is 38.5 Å². The molecule has 4 saturated carbocycles. The Labute approximate surface area is 99.0 Å². The first-order valence-corrected chi connectivity index (χ1v) is 6.82. The van der Waals surface area contributed by atoms with E-state index in [9.17, 15) is 4.79 Å². The number of Topliss-reactive ketones (excluding diaryl/α,β-unsaturated/α-hetero) is 1. The first-order valence-electron chi connectivity index (χ1n) is 6.82. The average Bonchev–Trinajstić information content (AvgIpc) is 1.91. The van der Waals surface area contributed by atoms with Crippen molar-refractivity contribution in [2.24, 2.45) is 22.2 Å². The summed E-state index contributed by atoms with van der Waals surface area (Å²) in [7, 11) is 0. The molecular weight excluding hydrogens is 196 g/mol. The van der Waals surface area contributed by atoms with Crippen LogP contribution in [0.5, 0.6) is 0 Å². The number of carbonyl (C=O) groups is 1. The predicted molar refractivity (Wildman–Crippen MR) is 65.1 cm³/mol. The van der Waals surface area contributed by atoms with E-state index < -0.39 is 0 Å². The lowest BCUT2D eigenvalue weighted by Gasteiger charge is -2.65. The summed E-state index contributed by atoms with van der Waals surface area (Å²) in [6.45, 7) is 6.73. The first-order chi connectivity index (χ1) is 7.32. The molecule has 4 bridgehead atoms. The van der Waals surface area contributed by atoms with Crippen molar-refractivity contribution in [2.45, 2.75) is 65.7 Å². The second-order valence-corrected chi connectivity index (χ2v) is 8.01. The summed E-state index contributed by atoms with van der Waals surface area (Å²) < 4.78 is 0. The van der Waals surface area contributed by atoms with Gasteiger partial charge in [-0.1, -0.05) is 13.8 Å². The predicted octanol–water partition coefficient (Wildman–Crippen LogP) is 3.96. The molecule has 1 heteroatoms. The van der Waals surface area contributed by atoms with Gasteiger partial charge in [-0.2, -0.15) is 0 Å². The van der Waals surface area contributed by atoms with E-state index in [0.717, 1.165) is 12.3 Å². The fourth-order valence-electron chi connectivity index (χ4n) is 6.41. The first kappa shape index (κ1) is 10.8. The van der Waals surface area contributed by atoms with Crippen molar-refractivity contribution in [3.8, 4) is 0 Å². The largest absolute Gasteiger partial charge is 0.300 e. The summed E-state index contributed by atoms with van der Waals surface area (Å²) >= 11 is 0. The molecule has 0 aromatic carbocycles. The Morgan fingerprint density at radius 3 is 2.06 bits per heavy atom. The van der Waals surface area contributed by atoms with Gasteiger partial charge in [0, 0.05) is 6.42 Å². The van der Waals surface area contributed by atoms with Crippen LogP contribution in [0.25, 0.3) is 0 Å². The molecule has 90 valence electrons. The van der Waals surface area contributed by atoms with Crippen molar-refractivity contribution in [3.05, 3.63) is 0 Å². The molecule has 4 aliphatic carbocycles. The smallest absolute Gasteiger partial charge is 0.130 e. The molecule has 0 radical (unpaired) electrons. The second kappa shape index (κ2) is 2.91. The van der Waals surface area contributed by atoms with Gasteiger partial charge in [0.25, 0.3) is 0 Å². The van der Waals surface area contributed by atoms with Crippen LogP contribution in [0.15, 0.2) is 0 Å². The van der Waals surface area contributed by atoms with Crippen LogP contribution in [-0.4, -0.2) is 5.78 Å². The van der Waals surface area contributed by atoms with Crippen molar-refractivity contribution in [3.63, 3.8) is 0 Å². The van der Waals surface area contributed by atoms with Crippen molar-refractivity contribution in [1.82, 2.24) is 0 Å². The molecule has 0 aromatic rings. The molecular formula is C15H24O. The van der Waals surface area contributed by atoms with Gasteiger partial charge in [0.1, 0.15) is 5.78 Å². The maximum atomic E-state index is 11.5. The Kier molecular flexibility index (Phi) is 1.97. The van der Waals surface area contributed by atoms with Gasteiger partial charge in [-0.3, -0.25) is 0 Å². The molecule has 2 unspecified atom stereocenters. The minimum Gasteiger partial charge on any atom is -0.300 e. The van der Waals surface area contributed by atoms with Crippen LogP contribution in [0, 0.1) is 22.2 Å². The number of hydrogen-bond acceptors (Lipinski definition) is 1. The highest BCUT2D eigenvalue weighted by molar-refractivity contribution is 5.76. The SMILES string of the molecule is CC(=O)CC12CC3CC(C)(CC(C)(C3)C1)C2. The van der Waals surface area contributed by atoms with Crippen molar-refractivity contribution in [2.75, 3.05) is 0 Å². The maximum absolute atomic E-state index is 11.5. The fourth-order valence-corrected chi connectivity index (χ4v) is 6.41. The fraction of sp³-hybridized carbons (Fsp3) is 0.933. The molecule has 16 heavy (non-hydrogen) atoms. The average molecular weight is 220 g/mol. The van der Waals surface area contributed by atoms with Gasteiger partial charge in [-0.15, -0.1) is 0 Å². The molecule has 0 spiro atoms. The minimum absolute atomic E-state index is 0.398. The normalized spacial score (nSPS) is 54.3. The van der Waals surface area contributed by atoms with Crippen LogP contribution in [0.1, 0.15) is 65.7 Å². The zero-order valence-electron chi connectivity index (χ0n) is 10.9. The Morgan fingerprint density at radius 1 is 1.06 bits per heavy atom. The Balaban J connectivity index is 1.95. The standard InChI is InChI=1S/C15H24O/c1-11(16)4-15-7-12-5-13(2,9-15)8-14(3,6-12)10-15/h12H,4-10H2,1-3H3. The van der Waals surface area contributed by atoms with Crippen molar-refractivity contribution < 1.29 is 4.79 Å². The van der Waals surface area contributed by atoms with Gasteiger partial charge in [-0.25, -0.2) is 0 Å². The molecule has 0 aromatic heterocycles. The Bertz CT molecular complexity index is 325. The van der Waals surface area contributed by atoms with Gasteiger partial charge in [0.2, 0.25) is 0 Å². The lowest BCUT2D eigenvalue weighted by molar-refractivity contribution is -0.154. The van der Waals surface area contributed by atoms with Gasteiger partial charge in [-0.05, 0) is 67.6 Å². The van der Waals surface area contributed by atoms with Crippen molar-refractivity contribution >= 4 is 5.78 Å². The molecule has 0 amide bonds. The molecule has 0 saturated heterocycles. The highest BCUT2D eigenvalue weighted by Crippen LogP contribution is 2.70. The molecule has 4 aliphatic rings. The quantitative estimate of drug-likeness (QED) is 0.688. The van der Waals surface area contributed by atoms with Crippen LogP contribution >= 0.6 is 0 Å². The second-order valence-electron chi connectivity index (χ2n) is 8.01. The van der Waals surface area contributed by atoms with E-state index in [4.69, 9.17) is 0 Å². The molecule has 2 atom stereocenters. The zero-order chi connectivity index (χ0) is 11.6. The molecule has 0 N–H and O–H groups in total. The molecule has 4 rings (SSSR count). The third-order valence-corrected chi connectivity index (χ3v) is 5.37. The summed E-state index contributed by atoms with van der Waals surface area (Å²) in [6.07, 6.45) is 9.13. The van der Waals surface area contributed by atoms with Crippen LogP contribution in [0.3, 0.4) is 0 Å². The number of rotatable bonds is 2. The maximum Gasteiger partial charge on any atom is 0.130 e. The van der Waals surface area contributed by atoms with Crippen LogP contribution in [0.2, 0.25) is 0 Å². The van der Waals surface area contributed by atoms with E-state index in [-0.39, 0.29) is 0 Å². The summed E-state index contributed by atoms with van der Waals surface area (Å²) in [6, 6.07) is 0. The molecule has 0 heterocycles. The van der Waals surface area contributed by atoms with Crippen LogP contribution < -0.4 is 0 Å². The molecule has 0 aliphatic heterocycles. The van der Waals surface area contributed by atoms with Crippen LogP contribution in [0.4, 0.5) is 0 Å². The highest BCUT2D eigenvalue weighted by Gasteiger charge is 2.59. The molecule has 1 nitrogen and oxygen atoms in total. The zero-order valence-corrected chi connectivity index (χ0v) is 10.9. The van der Waals surface area contributed by atoms with Gasteiger partial charge < -0.3 is 4.79 Å². The number of carbonyl (C=O) groups excluding carboxylic acids is 1. The summed E-state index contributed by atoms with van der Waals surface area (Å²) in [5.41, 5.74) is 1.52. The van der Waals surface area contributed by atoms with E-state index in [1.54, 1.807) is 6.92 Å². The lowest BCUT2D eigenvalue weighted by Crippen LogP contribution is -2.55. The van der Waals surface area contributed by atoms with E-state index in [2.05, 4.69) is 13.8 Å². The molecule has 4 fully saturated rings. The van der Waals surface area contributed by atoms with Gasteiger partial charge >= 0.3 is 0 Å². The Morgan fingerprint density at radius 2 is 1.62 bits per heavy atom. The van der Waals surface area contributed by atoms with E-state index in [1.807, 2.05) is 0 Å². The van der Waals surface area contributed by atoms with E-state index in [0.29, 0.717) is 22.0 Å². The minimum atomic E-state index is 0.398. The summed E-state index contributed by atoms with van der Waals surface area (Å²) in [5.74, 6) is 1.33. The third kappa shape index (κ3) is 1.55. The topological polar surface area (TPSA) is 17.1 Å². The monoisotopic (exact) mass is 220 g/mol. The van der Waals surface area contributed by atoms with Gasteiger partial charge in [0.05, 0.1) is 0 Å². The summed E-state index contributed by atoms with van der Waals surface area (Å²) in [4.78, 5) is 11.5.